The summed E-state index contributed by atoms with van der Waals surface area (Å²) in [7, 11) is 0. The van der Waals surface area contributed by atoms with E-state index in [1.165, 1.54) is 16.0 Å². The Morgan fingerprint density at radius 1 is 1.11 bits per heavy atom. The van der Waals surface area contributed by atoms with Gasteiger partial charge in [0.05, 0.1) is 0 Å². The SMILES string of the molecule is CSc1ccc(CNc2ccc(C)c(Br)c2)cc1. The van der Waals surface area contributed by atoms with Crippen molar-refractivity contribution in [1.29, 1.82) is 0 Å². The van der Waals surface area contributed by atoms with Crippen LogP contribution in [0.2, 0.25) is 0 Å². The molecule has 0 heterocycles. The van der Waals surface area contributed by atoms with Crippen molar-refractivity contribution in [3.05, 3.63) is 58.1 Å². The lowest BCUT2D eigenvalue weighted by atomic mass is 10.2. The van der Waals surface area contributed by atoms with Crippen LogP contribution in [0.15, 0.2) is 51.8 Å². The summed E-state index contributed by atoms with van der Waals surface area (Å²) in [5.41, 5.74) is 3.69. The molecule has 0 aliphatic heterocycles. The maximum Gasteiger partial charge on any atom is 0.0400 e. The first kappa shape index (κ1) is 13.5. The number of hydrogen-bond acceptors (Lipinski definition) is 2. The highest BCUT2D eigenvalue weighted by molar-refractivity contribution is 9.10. The molecular formula is C15H16BrNS. The molecular weight excluding hydrogens is 306 g/mol. The van der Waals surface area contributed by atoms with Crippen molar-refractivity contribution in [2.75, 3.05) is 11.6 Å². The Balaban J connectivity index is 1.99. The van der Waals surface area contributed by atoms with Gasteiger partial charge >= 0.3 is 0 Å². The van der Waals surface area contributed by atoms with Gasteiger partial charge in [0.2, 0.25) is 0 Å². The third-order valence-electron chi connectivity index (χ3n) is 2.83. The van der Waals surface area contributed by atoms with Gasteiger partial charge in [-0.2, -0.15) is 0 Å². The molecule has 2 rings (SSSR count). The van der Waals surface area contributed by atoms with E-state index in [-0.39, 0.29) is 0 Å². The first-order valence-electron chi connectivity index (χ1n) is 5.82. The standard InChI is InChI=1S/C15H16BrNS/c1-11-3-6-13(9-15(11)16)17-10-12-4-7-14(18-2)8-5-12/h3-9,17H,10H2,1-2H3. The van der Waals surface area contributed by atoms with Gasteiger partial charge in [-0.05, 0) is 48.6 Å². The Kier molecular flexibility index (Phi) is 4.72. The van der Waals surface area contributed by atoms with Crippen LogP contribution in [-0.4, -0.2) is 6.26 Å². The van der Waals surface area contributed by atoms with Crippen LogP contribution >= 0.6 is 27.7 Å². The van der Waals surface area contributed by atoms with Gasteiger partial charge in [-0.1, -0.05) is 34.1 Å². The molecule has 2 aromatic rings. The van der Waals surface area contributed by atoms with Crippen LogP contribution < -0.4 is 5.32 Å². The van der Waals surface area contributed by atoms with Gasteiger partial charge in [-0.25, -0.2) is 0 Å². The molecule has 0 radical (unpaired) electrons. The van der Waals surface area contributed by atoms with Crippen LogP contribution in [0.5, 0.6) is 0 Å². The molecule has 1 nitrogen and oxygen atoms in total. The van der Waals surface area contributed by atoms with Crippen LogP contribution in [0.25, 0.3) is 0 Å². The Bertz CT molecular complexity index is 523. The first-order valence-corrected chi connectivity index (χ1v) is 7.84. The molecule has 0 saturated carbocycles. The zero-order valence-electron chi connectivity index (χ0n) is 10.5. The molecule has 3 heteroatoms. The van der Waals surface area contributed by atoms with E-state index in [0.29, 0.717) is 0 Å². The molecule has 0 unspecified atom stereocenters. The summed E-state index contributed by atoms with van der Waals surface area (Å²) in [6.07, 6.45) is 2.09. The van der Waals surface area contributed by atoms with Crippen LogP contribution in [0.1, 0.15) is 11.1 Å². The van der Waals surface area contributed by atoms with E-state index in [4.69, 9.17) is 0 Å². The quantitative estimate of drug-likeness (QED) is 0.787. The second-order valence-electron chi connectivity index (χ2n) is 4.17. The lowest BCUT2D eigenvalue weighted by Crippen LogP contribution is -1.99. The fraction of sp³-hybridized carbons (Fsp3) is 0.200. The number of anilines is 1. The summed E-state index contributed by atoms with van der Waals surface area (Å²) in [4.78, 5) is 1.30. The van der Waals surface area contributed by atoms with Crippen LogP contribution in [0.4, 0.5) is 5.69 Å². The number of halogens is 1. The fourth-order valence-electron chi connectivity index (χ4n) is 1.65. The second-order valence-corrected chi connectivity index (χ2v) is 5.90. The van der Waals surface area contributed by atoms with Crippen LogP contribution in [-0.2, 0) is 6.54 Å². The predicted molar refractivity (Wildman–Crippen MR) is 84.4 cm³/mol. The third-order valence-corrected chi connectivity index (χ3v) is 4.43. The monoisotopic (exact) mass is 321 g/mol. The Labute approximate surface area is 121 Å². The number of aryl methyl sites for hydroxylation is 1. The van der Waals surface area contributed by atoms with Crippen molar-refractivity contribution in [2.45, 2.75) is 18.4 Å². The Morgan fingerprint density at radius 3 is 2.44 bits per heavy atom. The Hall–Kier alpha value is -0.930. The summed E-state index contributed by atoms with van der Waals surface area (Å²) < 4.78 is 1.14. The van der Waals surface area contributed by atoms with Gasteiger partial charge in [-0.15, -0.1) is 11.8 Å². The minimum Gasteiger partial charge on any atom is -0.381 e. The molecule has 0 bridgehead atoms. The van der Waals surface area contributed by atoms with Gasteiger partial charge in [-0.3, -0.25) is 0 Å². The van der Waals surface area contributed by atoms with Crippen molar-refractivity contribution in [3.8, 4) is 0 Å². The lowest BCUT2D eigenvalue weighted by molar-refractivity contribution is 1.14. The van der Waals surface area contributed by atoms with E-state index >= 15 is 0 Å². The highest BCUT2D eigenvalue weighted by atomic mass is 79.9. The molecule has 0 spiro atoms. The molecule has 18 heavy (non-hydrogen) atoms. The highest BCUT2D eigenvalue weighted by Gasteiger charge is 1.98. The number of hydrogen-bond donors (Lipinski definition) is 1. The van der Waals surface area contributed by atoms with E-state index in [1.807, 2.05) is 0 Å². The van der Waals surface area contributed by atoms with E-state index in [2.05, 4.69) is 76.9 Å². The second kappa shape index (κ2) is 6.30. The van der Waals surface area contributed by atoms with Gasteiger partial charge in [0.25, 0.3) is 0 Å². The molecule has 0 aromatic heterocycles. The molecule has 94 valence electrons. The van der Waals surface area contributed by atoms with Gasteiger partial charge < -0.3 is 5.32 Å². The largest absolute Gasteiger partial charge is 0.381 e. The maximum absolute atomic E-state index is 3.55. The minimum atomic E-state index is 0.851. The number of rotatable bonds is 4. The molecule has 0 atom stereocenters. The fourth-order valence-corrected chi connectivity index (χ4v) is 2.44. The van der Waals surface area contributed by atoms with Crippen molar-refractivity contribution in [2.24, 2.45) is 0 Å². The molecule has 0 aliphatic rings. The average molecular weight is 322 g/mol. The van der Waals surface area contributed by atoms with E-state index in [0.717, 1.165) is 16.7 Å². The third kappa shape index (κ3) is 3.53. The zero-order chi connectivity index (χ0) is 13.0. The van der Waals surface area contributed by atoms with Gasteiger partial charge in [0, 0.05) is 21.6 Å². The molecule has 0 aliphatic carbocycles. The molecule has 0 amide bonds. The van der Waals surface area contributed by atoms with E-state index in [9.17, 15) is 0 Å². The lowest BCUT2D eigenvalue weighted by Gasteiger charge is -2.08. The maximum atomic E-state index is 3.55. The molecule has 1 N–H and O–H groups in total. The average Bonchev–Trinajstić information content (AvgIpc) is 2.41. The first-order chi connectivity index (χ1) is 8.69. The van der Waals surface area contributed by atoms with Crippen LogP contribution in [0, 0.1) is 6.92 Å². The molecule has 0 saturated heterocycles. The molecule has 2 aromatic carbocycles. The minimum absolute atomic E-state index is 0.851. The summed E-state index contributed by atoms with van der Waals surface area (Å²) in [6.45, 7) is 2.94. The summed E-state index contributed by atoms with van der Waals surface area (Å²) in [5, 5.41) is 3.43. The number of nitrogens with one attached hydrogen (secondary N) is 1. The van der Waals surface area contributed by atoms with Crippen molar-refractivity contribution >= 4 is 33.4 Å². The van der Waals surface area contributed by atoms with Crippen molar-refractivity contribution in [1.82, 2.24) is 0 Å². The topological polar surface area (TPSA) is 12.0 Å². The highest BCUT2D eigenvalue weighted by Crippen LogP contribution is 2.21. The van der Waals surface area contributed by atoms with Crippen LogP contribution in [0.3, 0.4) is 0 Å². The van der Waals surface area contributed by atoms with Crippen molar-refractivity contribution < 1.29 is 0 Å². The van der Waals surface area contributed by atoms with E-state index in [1.54, 1.807) is 11.8 Å². The smallest absolute Gasteiger partial charge is 0.0400 e. The summed E-state index contributed by atoms with van der Waals surface area (Å²) in [5.74, 6) is 0. The van der Waals surface area contributed by atoms with Gasteiger partial charge in [0.15, 0.2) is 0 Å². The zero-order valence-corrected chi connectivity index (χ0v) is 12.9. The summed E-state index contributed by atoms with van der Waals surface area (Å²) >= 11 is 5.32. The Morgan fingerprint density at radius 2 is 1.83 bits per heavy atom. The summed E-state index contributed by atoms with van der Waals surface area (Å²) in [6, 6.07) is 15.0. The van der Waals surface area contributed by atoms with Crippen molar-refractivity contribution in [3.63, 3.8) is 0 Å². The normalized spacial score (nSPS) is 10.4. The number of benzene rings is 2. The number of thioether (sulfide) groups is 1. The van der Waals surface area contributed by atoms with Gasteiger partial charge in [0.1, 0.15) is 0 Å². The van der Waals surface area contributed by atoms with E-state index < -0.39 is 0 Å². The molecule has 0 fully saturated rings. The predicted octanol–water partition coefficient (Wildman–Crippen LogP) is 5.09.